The molecule has 0 aromatic heterocycles. The van der Waals surface area contributed by atoms with Crippen LogP contribution >= 0.6 is 0 Å². The second-order valence-electron chi connectivity index (χ2n) is 5.36. The van der Waals surface area contributed by atoms with E-state index in [9.17, 15) is 0 Å². The Balaban J connectivity index is 0.00000225. The summed E-state index contributed by atoms with van der Waals surface area (Å²) in [6.45, 7) is 10.5. The molecule has 0 aromatic rings. The van der Waals surface area contributed by atoms with Crippen molar-refractivity contribution in [2.45, 2.75) is 65.2 Å². The Kier molecular flexibility index (Phi) is 9.44. The minimum Gasteiger partial charge on any atom is -1.00 e. The molecule has 1 rings (SSSR count). The number of unbranched alkanes of at least 4 members (excludes halogenated alkanes) is 3. The average Bonchev–Trinajstić information content (AvgIpc) is 2.26. The van der Waals surface area contributed by atoms with Gasteiger partial charge in [0.25, 0.3) is 0 Å². The molecule has 0 aliphatic carbocycles. The third-order valence-electron chi connectivity index (χ3n) is 3.95. The van der Waals surface area contributed by atoms with Crippen LogP contribution in [-0.4, -0.2) is 30.7 Å². The minimum absolute atomic E-state index is 0. The molecule has 1 saturated heterocycles. The second-order valence-corrected chi connectivity index (χ2v) is 5.36. The third-order valence-corrected chi connectivity index (χ3v) is 3.95. The molecule has 1 nitrogen and oxygen atoms in total. The summed E-state index contributed by atoms with van der Waals surface area (Å²) in [4.78, 5) is 0. The largest absolute Gasteiger partial charge is 1.00 e. The summed E-state index contributed by atoms with van der Waals surface area (Å²) in [5.41, 5.74) is 0. The maximum absolute atomic E-state index is 2.35. The second kappa shape index (κ2) is 9.30. The molecule has 0 bridgehead atoms. The summed E-state index contributed by atoms with van der Waals surface area (Å²) >= 11 is 0. The van der Waals surface area contributed by atoms with Crippen LogP contribution in [0.15, 0.2) is 0 Å². The summed E-state index contributed by atoms with van der Waals surface area (Å²) in [5.74, 6) is 0. The van der Waals surface area contributed by atoms with Crippen molar-refractivity contribution in [3.63, 3.8) is 0 Å². The maximum atomic E-state index is 2.35. The Morgan fingerprint density at radius 3 is 2.00 bits per heavy atom. The van der Waals surface area contributed by atoms with E-state index in [2.05, 4.69) is 13.8 Å². The number of hydrogen-bond donors (Lipinski definition) is 0. The zero-order chi connectivity index (χ0) is 11.0. The van der Waals surface area contributed by atoms with E-state index in [1.807, 2.05) is 0 Å². The van der Waals surface area contributed by atoms with Crippen molar-refractivity contribution in [2.75, 3.05) is 26.2 Å². The van der Waals surface area contributed by atoms with E-state index in [0.29, 0.717) is 0 Å². The molecule has 0 saturated carbocycles. The number of hydrogen-bond acceptors (Lipinski definition) is 0. The summed E-state index contributed by atoms with van der Waals surface area (Å²) in [6, 6.07) is 0. The van der Waals surface area contributed by atoms with Crippen molar-refractivity contribution in [3.8, 4) is 0 Å². The zero-order valence-electron chi connectivity index (χ0n) is 11.3. The molecule has 1 aliphatic rings. The maximum Gasteiger partial charge on any atom is 0.0786 e. The Bertz CT molecular complexity index is 147. The van der Waals surface area contributed by atoms with Gasteiger partial charge in [0.1, 0.15) is 0 Å². The normalized spacial score (nSPS) is 19.1. The quantitative estimate of drug-likeness (QED) is 0.465. The lowest BCUT2D eigenvalue weighted by atomic mass is 10.1. The predicted octanol–water partition coefficient (Wildman–Crippen LogP) is 0.981. The van der Waals surface area contributed by atoms with Gasteiger partial charge in [-0.3, -0.25) is 0 Å². The monoisotopic (exact) mass is 247 g/mol. The van der Waals surface area contributed by atoms with Crippen LogP contribution in [0.4, 0.5) is 0 Å². The van der Waals surface area contributed by atoms with Crippen molar-refractivity contribution in [2.24, 2.45) is 0 Å². The standard InChI is InChI=1S/C14H30N.ClH/c1-3-5-6-8-12-15(11-4-2)13-9-7-10-14-15;/h3-14H2,1-2H3;1H/q+1;/p-1. The molecule has 1 heterocycles. The minimum atomic E-state index is 0. The first-order valence-corrected chi connectivity index (χ1v) is 7.18. The van der Waals surface area contributed by atoms with Crippen LogP contribution in [0, 0.1) is 0 Å². The van der Waals surface area contributed by atoms with E-state index in [4.69, 9.17) is 0 Å². The number of halogens is 1. The van der Waals surface area contributed by atoms with E-state index in [1.165, 1.54) is 82.0 Å². The number of likely N-dealkylation sites (tertiary alicyclic amines) is 1. The van der Waals surface area contributed by atoms with Gasteiger partial charge in [0.15, 0.2) is 0 Å². The highest BCUT2D eigenvalue weighted by atomic mass is 35.5. The first kappa shape index (κ1) is 16.2. The van der Waals surface area contributed by atoms with Gasteiger partial charge in [-0.2, -0.15) is 0 Å². The Morgan fingerprint density at radius 1 is 0.750 bits per heavy atom. The van der Waals surface area contributed by atoms with Crippen LogP contribution in [0.1, 0.15) is 65.2 Å². The van der Waals surface area contributed by atoms with Gasteiger partial charge in [-0.05, 0) is 38.5 Å². The van der Waals surface area contributed by atoms with Crippen molar-refractivity contribution in [3.05, 3.63) is 0 Å². The van der Waals surface area contributed by atoms with E-state index >= 15 is 0 Å². The van der Waals surface area contributed by atoms with Crippen molar-refractivity contribution >= 4 is 0 Å². The first-order chi connectivity index (χ1) is 7.33. The molecule has 2 heteroatoms. The van der Waals surface area contributed by atoms with Gasteiger partial charge >= 0.3 is 0 Å². The Labute approximate surface area is 109 Å². The van der Waals surface area contributed by atoms with Gasteiger partial charge in [0.2, 0.25) is 0 Å². The average molecular weight is 248 g/mol. The Morgan fingerprint density at radius 2 is 1.44 bits per heavy atom. The van der Waals surface area contributed by atoms with Crippen molar-refractivity contribution in [1.82, 2.24) is 0 Å². The topological polar surface area (TPSA) is 0 Å². The lowest BCUT2D eigenvalue weighted by molar-refractivity contribution is -0.932. The van der Waals surface area contributed by atoms with Gasteiger partial charge in [-0.1, -0.05) is 26.7 Å². The predicted molar refractivity (Wildman–Crippen MR) is 68.0 cm³/mol. The van der Waals surface area contributed by atoms with Crippen LogP contribution in [0.25, 0.3) is 0 Å². The van der Waals surface area contributed by atoms with Gasteiger partial charge in [-0.15, -0.1) is 0 Å². The van der Waals surface area contributed by atoms with Crippen molar-refractivity contribution in [1.29, 1.82) is 0 Å². The molecule has 0 atom stereocenters. The van der Waals surface area contributed by atoms with E-state index in [1.54, 1.807) is 0 Å². The van der Waals surface area contributed by atoms with Gasteiger partial charge in [0, 0.05) is 0 Å². The SMILES string of the molecule is CCCCCC[N+]1(CCC)CCCCC1.[Cl-]. The van der Waals surface area contributed by atoms with Crippen LogP contribution in [0.5, 0.6) is 0 Å². The molecule has 16 heavy (non-hydrogen) atoms. The molecular formula is C14H30ClN. The number of rotatable bonds is 7. The summed E-state index contributed by atoms with van der Waals surface area (Å²) in [6.07, 6.45) is 11.5. The smallest absolute Gasteiger partial charge is 0.0786 e. The highest BCUT2D eigenvalue weighted by Crippen LogP contribution is 2.21. The molecule has 0 unspecified atom stereocenters. The lowest BCUT2D eigenvalue weighted by Gasteiger charge is -2.41. The molecular weight excluding hydrogens is 218 g/mol. The molecule has 1 aliphatic heterocycles. The molecule has 1 fully saturated rings. The summed E-state index contributed by atoms with van der Waals surface area (Å²) in [5, 5.41) is 0. The molecule has 0 aromatic carbocycles. The van der Waals surface area contributed by atoms with Crippen LogP contribution in [-0.2, 0) is 0 Å². The Hall–Kier alpha value is 0.250. The van der Waals surface area contributed by atoms with Gasteiger partial charge in [0.05, 0.1) is 26.2 Å². The fourth-order valence-corrected chi connectivity index (χ4v) is 3.09. The van der Waals surface area contributed by atoms with Crippen LogP contribution in [0.2, 0.25) is 0 Å². The van der Waals surface area contributed by atoms with Crippen molar-refractivity contribution < 1.29 is 16.9 Å². The fraction of sp³-hybridized carbons (Fsp3) is 1.00. The van der Waals surface area contributed by atoms with E-state index < -0.39 is 0 Å². The van der Waals surface area contributed by atoms with Crippen LogP contribution < -0.4 is 12.4 Å². The fourth-order valence-electron chi connectivity index (χ4n) is 3.09. The zero-order valence-corrected chi connectivity index (χ0v) is 12.1. The van der Waals surface area contributed by atoms with Crippen LogP contribution in [0.3, 0.4) is 0 Å². The highest BCUT2D eigenvalue weighted by Gasteiger charge is 2.27. The van der Waals surface area contributed by atoms with Gasteiger partial charge in [-0.25, -0.2) is 0 Å². The highest BCUT2D eigenvalue weighted by molar-refractivity contribution is 4.55. The molecule has 98 valence electrons. The lowest BCUT2D eigenvalue weighted by Crippen LogP contribution is -3.00. The molecule has 0 spiro atoms. The molecule has 0 amide bonds. The summed E-state index contributed by atoms with van der Waals surface area (Å²) < 4.78 is 1.46. The molecule has 0 N–H and O–H groups in total. The van der Waals surface area contributed by atoms with E-state index in [0.717, 1.165) is 0 Å². The number of piperidine rings is 1. The van der Waals surface area contributed by atoms with E-state index in [-0.39, 0.29) is 12.4 Å². The number of quaternary nitrogens is 1. The summed E-state index contributed by atoms with van der Waals surface area (Å²) in [7, 11) is 0. The molecule has 0 radical (unpaired) electrons. The first-order valence-electron chi connectivity index (χ1n) is 7.18. The van der Waals surface area contributed by atoms with Gasteiger partial charge < -0.3 is 16.9 Å². The number of nitrogens with zero attached hydrogens (tertiary/aromatic N) is 1. The third kappa shape index (κ3) is 5.54.